The zero-order valence-corrected chi connectivity index (χ0v) is 14.5. The Morgan fingerprint density at radius 3 is 2.43 bits per heavy atom. The van der Waals surface area contributed by atoms with E-state index < -0.39 is 5.82 Å². The number of nitrogens with zero attached hydrogens (tertiary/aromatic N) is 5. The van der Waals surface area contributed by atoms with Gasteiger partial charge in [-0.1, -0.05) is 0 Å². The van der Waals surface area contributed by atoms with Crippen LogP contribution in [0.2, 0.25) is 0 Å². The van der Waals surface area contributed by atoms with E-state index in [0.717, 1.165) is 5.69 Å². The van der Waals surface area contributed by atoms with Crippen molar-refractivity contribution in [3.05, 3.63) is 84.7 Å². The maximum Gasteiger partial charge on any atom is 0.256 e. The topological polar surface area (TPSA) is 97.6 Å². The molecule has 8 nitrogen and oxygen atoms in total. The normalized spacial score (nSPS) is 10.5. The zero-order valence-electron chi connectivity index (χ0n) is 14.5. The minimum Gasteiger partial charge on any atom is -0.324 e. The van der Waals surface area contributed by atoms with E-state index >= 15 is 0 Å². The molecule has 0 saturated heterocycles. The predicted octanol–water partition coefficient (Wildman–Crippen LogP) is 3.19. The lowest BCUT2D eigenvalue weighted by Gasteiger charge is -2.06. The van der Waals surface area contributed by atoms with E-state index in [0.29, 0.717) is 11.5 Å². The van der Waals surface area contributed by atoms with Crippen LogP contribution in [0.15, 0.2) is 73.3 Å². The number of nitrogens with one attached hydrogen (secondary N) is 2. The van der Waals surface area contributed by atoms with Gasteiger partial charge in [0.25, 0.3) is 5.91 Å². The average molecular weight is 375 g/mol. The third-order valence-electron chi connectivity index (χ3n) is 3.76. The van der Waals surface area contributed by atoms with Gasteiger partial charge in [0, 0.05) is 42.1 Å². The standard InChI is InChI=1S/C19H14FN7O/c20-15-3-1-9-21-17(15)27-12-8-16(26-27)25-18(28)13-4-6-14(7-5-13)24-19-22-10-2-11-23-19/h1-12H,(H,22,23,24)(H,25,26,28). The molecular formula is C19H14FN7O. The first kappa shape index (κ1) is 17.3. The number of anilines is 3. The van der Waals surface area contributed by atoms with Crippen molar-refractivity contribution in [2.24, 2.45) is 0 Å². The minimum absolute atomic E-state index is 0.0570. The van der Waals surface area contributed by atoms with Crippen molar-refractivity contribution in [2.45, 2.75) is 0 Å². The molecule has 1 aromatic carbocycles. The fourth-order valence-electron chi connectivity index (χ4n) is 2.44. The van der Waals surface area contributed by atoms with Gasteiger partial charge < -0.3 is 10.6 Å². The van der Waals surface area contributed by atoms with Gasteiger partial charge in [0.05, 0.1) is 0 Å². The second-order valence-electron chi connectivity index (χ2n) is 5.68. The summed E-state index contributed by atoms with van der Waals surface area (Å²) >= 11 is 0. The molecule has 4 rings (SSSR count). The molecule has 28 heavy (non-hydrogen) atoms. The molecule has 3 heterocycles. The number of carbonyl (C=O) groups excluding carboxylic acids is 1. The molecule has 0 saturated carbocycles. The number of pyridine rings is 1. The largest absolute Gasteiger partial charge is 0.324 e. The molecule has 0 unspecified atom stereocenters. The van der Waals surface area contributed by atoms with E-state index in [-0.39, 0.29) is 17.5 Å². The molecule has 2 N–H and O–H groups in total. The molecule has 3 aromatic heterocycles. The maximum absolute atomic E-state index is 13.8. The number of rotatable bonds is 5. The number of amides is 1. The number of hydrogen-bond donors (Lipinski definition) is 2. The molecule has 0 atom stereocenters. The molecule has 0 bridgehead atoms. The average Bonchev–Trinajstić information content (AvgIpc) is 3.18. The molecule has 0 aliphatic carbocycles. The van der Waals surface area contributed by atoms with E-state index in [2.05, 4.69) is 30.7 Å². The summed E-state index contributed by atoms with van der Waals surface area (Å²) in [6.07, 6.45) is 6.25. The van der Waals surface area contributed by atoms with Gasteiger partial charge in [-0.15, -0.1) is 5.10 Å². The van der Waals surface area contributed by atoms with Crippen molar-refractivity contribution in [3.63, 3.8) is 0 Å². The monoisotopic (exact) mass is 375 g/mol. The molecule has 0 aliphatic heterocycles. The summed E-state index contributed by atoms with van der Waals surface area (Å²) in [4.78, 5) is 24.5. The highest BCUT2D eigenvalue weighted by molar-refractivity contribution is 6.03. The van der Waals surface area contributed by atoms with Crippen LogP contribution < -0.4 is 10.6 Å². The first-order valence-electron chi connectivity index (χ1n) is 8.31. The lowest BCUT2D eigenvalue weighted by molar-refractivity contribution is 0.102. The fourth-order valence-corrected chi connectivity index (χ4v) is 2.44. The molecule has 0 spiro atoms. The predicted molar refractivity (Wildman–Crippen MR) is 101 cm³/mol. The molecule has 0 fully saturated rings. The minimum atomic E-state index is -0.506. The molecule has 138 valence electrons. The maximum atomic E-state index is 13.8. The molecule has 1 amide bonds. The summed E-state index contributed by atoms with van der Waals surface area (Å²) in [5, 5.41) is 9.84. The molecular weight excluding hydrogens is 361 g/mol. The lowest BCUT2D eigenvalue weighted by atomic mass is 10.2. The summed E-state index contributed by atoms with van der Waals surface area (Å²) < 4.78 is 15.0. The van der Waals surface area contributed by atoms with Crippen molar-refractivity contribution >= 4 is 23.4 Å². The summed E-state index contributed by atoms with van der Waals surface area (Å²) in [6, 6.07) is 12.9. The highest BCUT2D eigenvalue weighted by atomic mass is 19.1. The zero-order chi connectivity index (χ0) is 19.3. The number of halogens is 1. The Labute approximate surface area is 159 Å². The van der Waals surface area contributed by atoms with Crippen LogP contribution in [0.1, 0.15) is 10.4 Å². The Morgan fingerprint density at radius 2 is 1.68 bits per heavy atom. The third-order valence-corrected chi connectivity index (χ3v) is 3.76. The molecule has 0 radical (unpaired) electrons. The van der Waals surface area contributed by atoms with Gasteiger partial charge in [-0.25, -0.2) is 24.0 Å². The molecule has 9 heteroatoms. The Morgan fingerprint density at radius 1 is 0.929 bits per heavy atom. The van der Waals surface area contributed by atoms with Crippen LogP contribution in [0.25, 0.3) is 5.82 Å². The Balaban J connectivity index is 1.43. The second-order valence-corrected chi connectivity index (χ2v) is 5.68. The lowest BCUT2D eigenvalue weighted by Crippen LogP contribution is -2.13. The van der Waals surface area contributed by atoms with Crippen molar-refractivity contribution in [3.8, 4) is 5.82 Å². The van der Waals surface area contributed by atoms with Crippen molar-refractivity contribution < 1.29 is 9.18 Å². The van der Waals surface area contributed by atoms with Gasteiger partial charge in [-0.05, 0) is 42.5 Å². The van der Waals surface area contributed by atoms with Gasteiger partial charge in [0.15, 0.2) is 17.5 Å². The number of benzene rings is 1. The fraction of sp³-hybridized carbons (Fsp3) is 0. The summed E-state index contributed by atoms with van der Waals surface area (Å²) in [7, 11) is 0. The van der Waals surface area contributed by atoms with Gasteiger partial charge in [-0.3, -0.25) is 4.79 Å². The van der Waals surface area contributed by atoms with Crippen LogP contribution in [0.5, 0.6) is 0 Å². The van der Waals surface area contributed by atoms with Crippen LogP contribution in [0.4, 0.5) is 21.8 Å². The van der Waals surface area contributed by atoms with E-state index in [1.165, 1.54) is 29.2 Å². The van der Waals surface area contributed by atoms with E-state index in [4.69, 9.17) is 0 Å². The first-order valence-corrected chi connectivity index (χ1v) is 8.31. The smallest absolute Gasteiger partial charge is 0.256 e. The number of carbonyl (C=O) groups is 1. The highest BCUT2D eigenvalue weighted by Crippen LogP contribution is 2.15. The Hall–Kier alpha value is -4.14. The second kappa shape index (κ2) is 7.62. The van der Waals surface area contributed by atoms with Gasteiger partial charge in [0.1, 0.15) is 0 Å². The van der Waals surface area contributed by atoms with Crippen LogP contribution in [-0.4, -0.2) is 30.6 Å². The highest BCUT2D eigenvalue weighted by Gasteiger charge is 2.11. The molecule has 4 aromatic rings. The van der Waals surface area contributed by atoms with Crippen LogP contribution in [-0.2, 0) is 0 Å². The summed E-state index contributed by atoms with van der Waals surface area (Å²) in [5.41, 5.74) is 1.19. The Bertz CT molecular complexity index is 1100. The van der Waals surface area contributed by atoms with Gasteiger partial charge in [-0.2, -0.15) is 0 Å². The SMILES string of the molecule is O=C(Nc1ccn(-c2ncccc2F)n1)c1ccc(Nc2ncccn2)cc1. The van der Waals surface area contributed by atoms with Crippen molar-refractivity contribution in [2.75, 3.05) is 10.6 Å². The van der Waals surface area contributed by atoms with Crippen LogP contribution in [0, 0.1) is 5.82 Å². The van der Waals surface area contributed by atoms with Gasteiger partial charge in [0.2, 0.25) is 5.95 Å². The third kappa shape index (κ3) is 3.83. The summed E-state index contributed by atoms with van der Waals surface area (Å²) in [6.45, 7) is 0. The van der Waals surface area contributed by atoms with Crippen molar-refractivity contribution in [1.82, 2.24) is 24.7 Å². The van der Waals surface area contributed by atoms with Crippen molar-refractivity contribution in [1.29, 1.82) is 0 Å². The quantitative estimate of drug-likeness (QED) is 0.556. The van der Waals surface area contributed by atoms with E-state index in [9.17, 15) is 9.18 Å². The first-order chi connectivity index (χ1) is 13.7. The number of hydrogen-bond acceptors (Lipinski definition) is 6. The molecule has 0 aliphatic rings. The van der Waals surface area contributed by atoms with Crippen LogP contribution >= 0.6 is 0 Å². The Kier molecular flexibility index (Phi) is 4.70. The van der Waals surface area contributed by atoms with Gasteiger partial charge >= 0.3 is 0 Å². The van der Waals surface area contributed by atoms with E-state index in [1.807, 2.05) is 0 Å². The summed E-state index contributed by atoms with van der Waals surface area (Å²) in [5.74, 6) is -0.0355. The van der Waals surface area contributed by atoms with Crippen LogP contribution in [0.3, 0.4) is 0 Å². The van der Waals surface area contributed by atoms with E-state index in [1.54, 1.807) is 48.8 Å². The number of aromatic nitrogens is 5.